The average Bonchev–Trinajstić information content (AvgIpc) is 2.76. The highest BCUT2D eigenvalue weighted by Gasteiger charge is 2.19. The molecule has 0 spiro atoms. The minimum absolute atomic E-state index is 0. The number of aliphatic imine (C=N–C) groups is 1. The van der Waals surface area contributed by atoms with Gasteiger partial charge in [0, 0.05) is 19.6 Å². The first kappa shape index (κ1) is 27.2. The van der Waals surface area contributed by atoms with Crippen molar-refractivity contribution in [3.05, 3.63) is 59.4 Å². The smallest absolute Gasteiger partial charge is 0.191 e. The Morgan fingerprint density at radius 2 is 1.97 bits per heavy atom. The number of hydrogen-bond acceptors (Lipinski definition) is 4. The van der Waals surface area contributed by atoms with E-state index in [0.717, 1.165) is 23.4 Å². The van der Waals surface area contributed by atoms with Crippen molar-refractivity contribution < 1.29 is 14.2 Å². The number of aryl methyl sites for hydroxylation is 1. The molecular formula is C25H36FIN4O2. The van der Waals surface area contributed by atoms with Crippen molar-refractivity contribution in [2.45, 2.75) is 52.4 Å². The summed E-state index contributed by atoms with van der Waals surface area (Å²) in [5.41, 5.74) is 2.56. The number of aliphatic hydroxyl groups excluding tert-OH is 1. The molecule has 6 nitrogen and oxygen atoms in total. The summed E-state index contributed by atoms with van der Waals surface area (Å²) in [5.74, 6) is 1.27. The monoisotopic (exact) mass is 570 g/mol. The van der Waals surface area contributed by atoms with Crippen LogP contribution in [0, 0.1) is 12.7 Å². The second-order valence-electron chi connectivity index (χ2n) is 8.33. The number of piperidine rings is 1. The lowest BCUT2D eigenvalue weighted by atomic mass is 10.1. The Kier molecular flexibility index (Phi) is 11.2. The highest BCUT2D eigenvalue weighted by Crippen LogP contribution is 2.24. The molecule has 33 heavy (non-hydrogen) atoms. The van der Waals surface area contributed by atoms with Gasteiger partial charge in [0.05, 0.1) is 24.9 Å². The number of anilines is 1. The molecule has 1 aliphatic rings. The molecule has 182 valence electrons. The molecule has 0 aliphatic carbocycles. The van der Waals surface area contributed by atoms with E-state index in [1.54, 1.807) is 6.07 Å². The number of benzene rings is 2. The molecule has 1 fully saturated rings. The highest BCUT2D eigenvalue weighted by molar-refractivity contribution is 14.0. The van der Waals surface area contributed by atoms with Crippen LogP contribution in [0.4, 0.5) is 10.1 Å². The van der Waals surface area contributed by atoms with E-state index < -0.39 is 0 Å². The summed E-state index contributed by atoms with van der Waals surface area (Å²) in [5, 5.41) is 16.2. The van der Waals surface area contributed by atoms with Crippen molar-refractivity contribution >= 4 is 35.6 Å². The van der Waals surface area contributed by atoms with Gasteiger partial charge in [0.15, 0.2) is 5.96 Å². The summed E-state index contributed by atoms with van der Waals surface area (Å²) >= 11 is 0. The van der Waals surface area contributed by atoms with Crippen molar-refractivity contribution in [3.8, 4) is 5.75 Å². The zero-order valence-corrected chi connectivity index (χ0v) is 22.0. The standard InChI is InChI=1S/C25H35FN4O2.HI/c1-4-27-25(28-16-19(3)32-22-7-5-6-18(2)14-22)29-17-20-8-9-24(23(26)15-20)30-12-10-21(31)11-13-30;/h5-9,14-15,19,21,31H,4,10-13,16-17H2,1-3H3,(H2,27,28,29);1H. The number of nitrogens with one attached hydrogen (secondary N) is 2. The first-order chi connectivity index (χ1) is 15.4. The molecule has 3 rings (SSSR count). The third-order valence-electron chi connectivity index (χ3n) is 5.46. The molecule has 0 amide bonds. The van der Waals surface area contributed by atoms with Gasteiger partial charge in [-0.3, -0.25) is 0 Å². The maximum atomic E-state index is 14.7. The van der Waals surface area contributed by atoms with Crippen molar-refractivity contribution in [2.24, 2.45) is 4.99 Å². The Bertz CT molecular complexity index is 904. The van der Waals surface area contributed by atoms with Gasteiger partial charge >= 0.3 is 0 Å². The number of aliphatic hydroxyl groups is 1. The molecular weight excluding hydrogens is 534 g/mol. The van der Waals surface area contributed by atoms with Crippen molar-refractivity contribution in [1.82, 2.24) is 10.6 Å². The molecule has 1 unspecified atom stereocenters. The molecule has 2 aromatic carbocycles. The quantitative estimate of drug-likeness (QED) is 0.252. The lowest BCUT2D eigenvalue weighted by molar-refractivity contribution is 0.145. The number of guanidine groups is 1. The molecule has 1 aliphatic heterocycles. The largest absolute Gasteiger partial charge is 0.489 e. The normalized spacial score (nSPS) is 15.5. The second kappa shape index (κ2) is 13.6. The van der Waals surface area contributed by atoms with Crippen LogP contribution in [0.15, 0.2) is 47.5 Å². The number of rotatable bonds is 8. The minimum Gasteiger partial charge on any atom is -0.489 e. The SMILES string of the molecule is CCNC(=NCc1ccc(N2CCC(O)CC2)c(F)c1)NCC(C)Oc1cccc(C)c1.I. The van der Waals surface area contributed by atoms with Gasteiger partial charge in [-0.15, -0.1) is 24.0 Å². The van der Waals surface area contributed by atoms with E-state index in [4.69, 9.17) is 4.74 Å². The summed E-state index contributed by atoms with van der Waals surface area (Å²) in [4.78, 5) is 6.59. The van der Waals surface area contributed by atoms with Crippen LogP contribution < -0.4 is 20.3 Å². The molecule has 0 saturated carbocycles. The van der Waals surface area contributed by atoms with Gasteiger partial charge in [0.1, 0.15) is 17.7 Å². The van der Waals surface area contributed by atoms with Crippen LogP contribution in [0.5, 0.6) is 5.75 Å². The lowest BCUT2D eigenvalue weighted by Crippen LogP contribution is -2.41. The molecule has 0 radical (unpaired) electrons. The molecule has 0 bridgehead atoms. The molecule has 8 heteroatoms. The van der Waals surface area contributed by atoms with Crippen LogP contribution in [0.25, 0.3) is 0 Å². The third kappa shape index (κ3) is 8.66. The predicted molar refractivity (Wildman–Crippen MR) is 143 cm³/mol. The number of halogens is 2. The van der Waals surface area contributed by atoms with E-state index in [1.807, 2.05) is 62.1 Å². The average molecular weight is 570 g/mol. The van der Waals surface area contributed by atoms with E-state index in [-0.39, 0.29) is 42.0 Å². The van der Waals surface area contributed by atoms with Crippen LogP contribution in [0.3, 0.4) is 0 Å². The fraction of sp³-hybridized carbons (Fsp3) is 0.480. The van der Waals surface area contributed by atoms with Gasteiger partial charge in [-0.05, 0) is 69.0 Å². The van der Waals surface area contributed by atoms with Gasteiger partial charge in [-0.25, -0.2) is 9.38 Å². The fourth-order valence-corrected chi connectivity index (χ4v) is 3.73. The summed E-state index contributed by atoms with van der Waals surface area (Å²) in [6, 6.07) is 13.3. The first-order valence-electron chi connectivity index (χ1n) is 11.4. The third-order valence-corrected chi connectivity index (χ3v) is 5.46. The van der Waals surface area contributed by atoms with Crippen LogP contribution >= 0.6 is 24.0 Å². The zero-order valence-electron chi connectivity index (χ0n) is 19.7. The van der Waals surface area contributed by atoms with Gasteiger partial charge < -0.3 is 25.4 Å². The van der Waals surface area contributed by atoms with Crippen molar-refractivity contribution in [3.63, 3.8) is 0 Å². The Morgan fingerprint density at radius 1 is 1.21 bits per heavy atom. The zero-order chi connectivity index (χ0) is 22.9. The van der Waals surface area contributed by atoms with E-state index in [0.29, 0.717) is 50.7 Å². The van der Waals surface area contributed by atoms with Gasteiger partial charge in [0.2, 0.25) is 0 Å². The fourth-order valence-electron chi connectivity index (χ4n) is 3.73. The topological polar surface area (TPSA) is 69.1 Å². The molecule has 3 N–H and O–H groups in total. The molecule has 1 atom stereocenters. The molecule has 2 aromatic rings. The molecule has 1 saturated heterocycles. The van der Waals surface area contributed by atoms with E-state index >= 15 is 0 Å². The van der Waals surface area contributed by atoms with Crippen LogP contribution in [0.1, 0.15) is 37.8 Å². The summed E-state index contributed by atoms with van der Waals surface area (Å²) < 4.78 is 20.7. The predicted octanol–water partition coefficient (Wildman–Crippen LogP) is 4.24. The Morgan fingerprint density at radius 3 is 2.64 bits per heavy atom. The summed E-state index contributed by atoms with van der Waals surface area (Å²) in [6.45, 7) is 9.09. The maximum absolute atomic E-state index is 14.7. The van der Waals surface area contributed by atoms with Gasteiger partial charge in [-0.2, -0.15) is 0 Å². The van der Waals surface area contributed by atoms with E-state index in [9.17, 15) is 9.50 Å². The molecule has 0 aromatic heterocycles. The van der Waals surface area contributed by atoms with E-state index in [1.165, 1.54) is 0 Å². The lowest BCUT2D eigenvalue weighted by Gasteiger charge is -2.31. The van der Waals surface area contributed by atoms with Gasteiger partial charge in [0.25, 0.3) is 0 Å². The van der Waals surface area contributed by atoms with Crippen LogP contribution in [-0.4, -0.2) is 49.5 Å². The number of nitrogens with zero attached hydrogens (tertiary/aromatic N) is 2. The van der Waals surface area contributed by atoms with Crippen LogP contribution in [0.2, 0.25) is 0 Å². The Balaban J connectivity index is 0.00000385. The van der Waals surface area contributed by atoms with Crippen molar-refractivity contribution in [1.29, 1.82) is 0 Å². The number of ether oxygens (including phenoxy) is 1. The van der Waals surface area contributed by atoms with Crippen molar-refractivity contribution in [2.75, 3.05) is 31.1 Å². The van der Waals surface area contributed by atoms with Gasteiger partial charge in [-0.1, -0.05) is 18.2 Å². The molecule has 1 heterocycles. The van der Waals surface area contributed by atoms with E-state index in [2.05, 4.69) is 15.6 Å². The summed E-state index contributed by atoms with van der Waals surface area (Å²) in [6.07, 6.45) is 1.04. The Hall–Kier alpha value is -2.07. The van der Waals surface area contributed by atoms with Crippen LogP contribution in [-0.2, 0) is 6.54 Å². The minimum atomic E-state index is -0.273. The summed E-state index contributed by atoms with van der Waals surface area (Å²) in [7, 11) is 0. The highest BCUT2D eigenvalue weighted by atomic mass is 127. The number of hydrogen-bond donors (Lipinski definition) is 3. The maximum Gasteiger partial charge on any atom is 0.191 e. The first-order valence-corrected chi connectivity index (χ1v) is 11.4. The second-order valence-corrected chi connectivity index (χ2v) is 8.33. The Labute approximate surface area is 213 Å².